The highest BCUT2D eigenvalue weighted by Gasteiger charge is 2.03. The average Bonchev–Trinajstić information content (AvgIpc) is 2.87. The normalized spacial score (nSPS) is 11.4. The summed E-state index contributed by atoms with van der Waals surface area (Å²) in [5, 5.41) is 0. The van der Waals surface area contributed by atoms with Crippen molar-refractivity contribution in [2.45, 2.75) is 13.3 Å². The maximum atomic E-state index is 4.54. The van der Waals surface area contributed by atoms with Crippen molar-refractivity contribution < 1.29 is 0 Å². The van der Waals surface area contributed by atoms with Crippen LogP contribution in [-0.2, 0) is 0 Å². The Morgan fingerprint density at radius 3 is 2.68 bits per heavy atom. The van der Waals surface area contributed by atoms with Crippen LogP contribution < -0.4 is 0 Å². The predicted octanol–water partition coefficient (Wildman–Crippen LogP) is 4.65. The number of imidazole rings is 1. The van der Waals surface area contributed by atoms with Crippen LogP contribution in [0.4, 0.5) is 0 Å². The lowest BCUT2D eigenvalue weighted by atomic mass is 10.1. The van der Waals surface area contributed by atoms with Crippen molar-refractivity contribution in [1.29, 1.82) is 0 Å². The third kappa shape index (κ3) is 2.43. The molecule has 3 rings (SSSR count). The second-order valence-corrected chi connectivity index (χ2v) is 4.53. The summed E-state index contributed by atoms with van der Waals surface area (Å²) in [6.07, 6.45) is 5.16. The smallest absolute Gasteiger partial charge is 0.130 e. The van der Waals surface area contributed by atoms with Crippen molar-refractivity contribution in [2.75, 3.05) is 0 Å². The summed E-state index contributed by atoms with van der Waals surface area (Å²) >= 11 is 0. The Morgan fingerprint density at radius 2 is 1.89 bits per heavy atom. The zero-order valence-electron chi connectivity index (χ0n) is 10.9. The Balaban J connectivity index is 2.04. The second kappa shape index (κ2) is 5.11. The molecule has 0 spiro atoms. The minimum Gasteiger partial charge on any atom is -0.338 e. The first kappa shape index (κ1) is 11.7. The number of benzene rings is 2. The Labute approximate surface area is 112 Å². The van der Waals surface area contributed by atoms with Gasteiger partial charge in [-0.3, -0.25) is 0 Å². The minimum absolute atomic E-state index is 0.919. The summed E-state index contributed by atoms with van der Waals surface area (Å²) in [6.45, 7) is 2.12. The van der Waals surface area contributed by atoms with Crippen LogP contribution in [0.3, 0.4) is 0 Å². The van der Waals surface area contributed by atoms with Gasteiger partial charge in [-0.1, -0.05) is 49.4 Å². The van der Waals surface area contributed by atoms with Crippen LogP contribution in [0.2, 0.25) is 0 Å². The van der Waals surface area contributed by atoms with Crippen LogP contribution in [-0.4, -0.2) is 9.97 Å². The molecule has 2 heteroatoms. The molecule has 19 heavy (non-hydrogen) atoms. The number of fused-ring (bicyclic) bond motifs is 1. The van der Waals surface area contributed by atoms with E-state index in [1.165, 1.54) is 11.1 Å². The fourth-order valence-corrected chi connectivity index (χ4v) is 2.15. The molecule has 1 heterocycles. The molecule has 1 aromatic heterocycles. The summed E-state index contributed by atoms with van der Waals surface area (Å²) in [4.78, 5) is 7.89. The van der Waals surface area contributed by atoms with Gasteiger partial charge in [0.2, 0.25) is 0 Å². The number of nitrogens with zero attached hydrogens (tertiary/aromatic N) is 1. The highest BCUT2D eigenvalue weighted by Crippen LogP contribution is 2.23. The first-order chi connectivity index (χ1) is 9.36. The monoisotopic (exact) mass is 248 g/mol. The van der Waals surface area contributed by atoms with Gasteiger partial charge >= 0.3 is 0 Å². The predicted molar refractivity (Wildman–Crippen MR) is 80.9 cm³/mol. The molecular formula is C17H16N2. The highest BCUT2D eigenvalue weighted by atomic mass is 14.9. The molecular weight excluding hydrogens is 232 g/mol. The molecule has 1 N–H and O–H groups in total. The number of aromatic nitrogens is 2. The zero-order chi connectivity index (χ0) is 13.1. The van der Waals surface area contributed by atoms with Gasteiger partial charge in [-0.15, -0.1) is 0 Å². The Morgan fingerprint density at radius 1 is 1.05 bits per heavy atom. The van der Waals surface area contributed by atoms with E-state index in [9.17, 15) is 0 Å². The van der Waals surface area contributed by atoms with E-state index < -0.39 is 0 Å². The average molecular weight is 248 g/mol. The maximum absolute atomic E-state index is 4.54. The van der Waals surface area contributed by atoms with Crippen LogP contribution in [0.1, 0.15) is 19.2 Å². The van der Waals surface area contributed by atoms with Gasteiger partial charge in [0.25, 0.3) is 0 Å². The number of allylic oxidation sites excluding steroid dienone is 1. The summed E-state index contributed by atoms with van der Waals surface area (Å²) in [5.74, 6) is 0.919. The van der Waals surface area contributed by atoms with Crippen LogP contribution in [0.15, 0.2) is 54.6 Å². The van der Waals surface area contributed by atoms with Crippen molar-refractivity contribution >= 4 is 17.1 Å². The van der Waals surface area contributed by atoms with Gasteiger partial charge < -0.3 is 4.98 Å². The first-order valence-corrected chi connectivity index (χ1v) is 6.58. The SMILES string of the molecule is CC/C=C/c1nc2ccc(-c3ccccc3)cc2[nH]1. The van der Waals surface area contributed by atoms with E-state index in [2.05, 4.69) is 65.4 Å². The zero-order valence-corrected chi connectivity index (χ0v) is 10.9. The molecule has 0 aliphatic heterocycles. The van der Waals surface area contributed by atoms with Gasteiger partial charge in [0, 0.05) is 0 Å². The van der Waals surface area contributed by atoms with Crippen molar-refractivity contribution in [3.05, 3.63) is 60.4 Å². The van der Waals surface area contributed by atoms with Gasteiger partial charge in [0.05, 0.1) is 11.0 Å². The number of H-pyrrole nitrogens is 1. The summed E-state index contributed by atoms with van der Waals surface area (Å²) < 4.78 is 0. The molecule has 3 aromatic rings. The second-order valence-electron chi connectivity index (χ2n) is 4.53. The molecule has 2 nitrogen and oxygen atoms in total. The largest absolute Gasteiger partial charge is 0.338 e. The third-order valence-electron chi connectivity index (χ3n) is 3.12. The number of hydrogen-bond acceptors (Lipinski definition) is 1. The van der Waals surface area contributed by atoms with Crippen LogP contribution >= 0.6 is 0 Å². The topological polar surface area (TPSA) is 28.7 Å². The summed E-state index contributed by atoms with van der Waals surface area (Å²) in [7, 11) is 0. The van der Waals surface area contributed by atoms with E-state index in [4.69, 9.17) is 0 Å². The lowest BCUT2D eigenvalue weighted by Gasteiger charge is -2.00. The van der Waals surface area contributed by atoms with Crippen LogP contribution in [0, 0.1) is 0 Å². The fraction of sp³-hybridized carbons (Fsp3) is 0.118. The Kier molecular flexibility index (Phi) is 3.15. The molecule has 0 fully saturated rings. The number of nitrogens with one attached hydrogen (secondary N) is 1. The van der Waals surface area contributed by atoms with E-state index in [1.54, 1.807) is 0 Å². The van der Waals surface area contributed by atoms with Gasteiger partial charge in [0.15, 0.2) is 0 Å². The van der Waals surface area contributed by atoms with Gasteiger partial charge in [-0.25, -0.2) is 4.98 Å². The number of rotatable bonds is 3. The molecule has 0 saturated carbocycles. The number of aromatic amines is 1. The lowest BCUT2D eigenvalue weighted by Crippen LogP contribution is -1.77. The molecule has 0 bridgehead atoms. The standard InChI is InChI=1S/C17H16N2/c1-2-3-9-17-18-15-11-10-14(12-16(15)19-17)13-7-5-4-6-8-13/h3-12H,2H2,1H3,(H,18,19)/b9-3+. The third-order valence-corrected chi connectivity index (χ3v) is 3.12. The molecule has 0 unspecified atom stereocenters. The molecule has 2 aromatic carbocycles. The molecule has 0 aliphatic carbocycles. The van der Waals surface area contributed by atoms with Crippen molar-refractivity contribution in [3.63, 3.8) is 0 Å². The van der Waals surface area contributed by atoms with E-state index in [0.29, 0.717) is 0 Å². The quantitative estimate of drug-likeness (QED) is 0.718. The summed E-state index contributed by atoms with van der Waals surface area (Å²) in [6, 6.07) is 16.7. The molecule has 0 saturated heterocycles. The molecule has 0 atom stereocenters. The highest BCUT2D eigenvalue weighted by molar-refractivity contribution is 5.82. The van der Waals surface area contributed by atoms with E-state index in [0.717, 1.165) is 23.3 Å². The lowest BCUT2D eigenvalue weighted by molar-refractivity contribution is 1.22. The minimum atomic E-state index is 0.919. The molecule has 0 amide bonds. The van der Waals surface area contributed by atoms with E-state index >= 15 is 0 Å². The Hall–Kier alpha value is -2.35. The van der Waals surface area contributed by atoms with Crippen LogP contribution in [0.25, 0.3) is 28.2 Å². The molecule has 0 aliphatic rings. The molecule has 0 radical (unpaired) electrons. The van der Waals surface area contributed by atoms with E-state index in [1.807, 2.05) is 12.1 Å². The van der Waals surface area contributed by atoms with Crippen molar-refractivity contribution in [1.82, 2.24) is 9.97 Å². The summed E-state index contributed by atoms with van der Waals surface area (Å²) in [5.41, 5.74) is 4.53. The Bertz CT molecular complexity index is 708. The fourth-order valence-electron chi connectivity index (χ4n) is 2.15. The van der Waals surface area contributed by atoms with Gasteiger partial charge in [0.1, 0.15) is 5.82 Å². The van der Waals surface area contributed by atoms with Crippen LogP contribution in [0.5, 0.6) is 0 Å². The molecule has 94 valence electrons. The number of hydrogen-bond donors (Lipinski definition) is 1. The first-order valence-electron chi connectivity index (χ1n) is 6.58. The maximum Gasteiger partial charge on any atom is 0.130 e. The van der Waals surface area contributed by atoms with Crippen molar-refractivity contribution in [3.8, 4) is 11.1 Å². The van der Waals surface area contributed by atoms with E-state index in [-0.39, 0.29) is 0 Å². The van der Waals surface area contributed by atoms with Gasteiger partial charge in [-0.2, -0.15) is 0 Å². The van der Waals surface area contributed by atoms with Gasteiger partial charge in [-0.05, 0) is 35.8 Å². The van der Waals surface area contributed by atoms with Crippen molar-refractivity contribution in [2.24, 2.45) is 0 Å².